The van der Waals surface area contributed by atoms with E-state index in [4.69, 9.17) is 9.97 Å². The Morgan fingerprint density at radius 1 is 1.09 bits per heavy atom. The molecule has 3 aliphatic carbocycles. The number of benzene rings is 1. The number of Topliss-reactive ketones (excluding diaryl/α,β-unsaturated/α-hetero) is 1. The Bertz CT molecular complexity index is 1160. The van der Waals surface area contributed by atoms with Crippen molar-refractivity contribution in [1.82, 2.24) is 9.97 Å². The fourth-order valence-electron chi connectivity index (χ4n) is 5.74. The van der Waals surface area contributed by atoms with Crippen molar-refractivity contribution >= 4 is 17.6 Å². The molecule has 33 heavy (non-hydrogen) atoms. The second kappa shape index (κ2) is 8.90. The van der Waals surface area contributed by atoms with Crippen LogP contribution in [0.1, 0.15) is 62.6 Å². The molecule has 3 atom stereocenters. The molecule has 1 amide bonds. The quantitative estimate of drug-likeness (QED) is 0.726. The molecule has 0 bridgehead atoms. The molecule has 3 aliphatic rings. The number of nitriles is 1. The maximum Gasteiger partial charge on any atom is 0.230 e. The molecule has 0 saturated heterocycles. The lowest BCUT2D eigenvalue weighted by Crippen LogP contribution is -2.35. The van der Waals surface area contributed by atoms with Crippen molar-refractivity contribution in [3.63, 3.8) is 0 Å². The fraction of sp³-hybridized carbons (Fsp3) is 0.444. The number of nitrogens with zero attached hydrogens (tertiary/aromatic N) is 3. The number of anilines is 1. The van der Waals surface area contributed by atoms with Gasteiger partial charge in [0.2, 0.25) is 11.9 Å². The Balaban J connectivity index is 1.60. The molecule has 0 aliphatic heterocycles. The maximum atomic E-state index is 13.0. The standard InChI is InChI=1S/C27H28N4O2/c1-16-20-12-13-21-23(17-8-4-2-5-9-17)29-27(31-26(33)18-10-6-3-7-11-18)30-24(21)22(20)14-19(15-28)25(16)32/h2,4-5,8-9,14,16,18,20,22H,3,6-7,10-13H2,1H3,(H,29,30,31,33). The van der Waals surface area contributed by atoms with Crippen molar-refractivity contribution in [2.75, 3.05) is 5.32 Å². The lowest BCUT2D eigenvalue weighted by Gasteiger charge is -2.38. The Morgan fingerprint density at radius 3 is 2.58 bits per heavy atom. The molecular weight excluding hydrogens is 412 g/mol. The van der Waals surface area contributed by atoms with E-state index in [9.17, 15) is 14.9 Å². The molecule has 1 heterocycles. The van der Waals surface area contributed by atoms with Crippen LogP contribution in [0.25, 0.3) is 11.3 Å². The minimum Gasteiger partial charge on any atom is -0.294 e. The fourth-order valence-corrected chi connectivity index (χ4v) is 5.74. The van der Waals surface area contributed by atoms with Crippen LogP contribution in [0.15, 0.2) is 42.0 Å². The van der Waals surface area contributed by atoms with Gasteiger partial charge in [-0.05, 0) is 31.6 Å². The summed E-state index contributed by atoms with van der Waals surface area (Å²) in [5.41, 5.74) is 3.91. The van der Waals surface area contributed by atoms with Gasteiger partial charge < -0.3 is 0 Å². The number of carbonyl (C=O) groups is 2. The lowest BCUT2D eigenvalue weighted by molar-refractivity contribution is -0.121. The van der Waals surface area contributed by atoms with Crippen LogP contribution in [-0.2, 0) is 16.0 Å². The topological polar surface area (TPSA) is 95.7 Å². The monoisotopic (exact) mass is 440 g/mol. The largest absolute Gasteiger partial charge is 0.294 e. The third kappa shape index (κ3) is 3.97. The van der Waals surface area contributed by atoms with Gasteiger partial charge in [-0.25, -0.2) is 9.97 Å². The first-order valence-electron chi connectivity index (χ1n) is 12.0. The zero-order valence-corrected chi connectivity index (χ0v) is 18.9. The van der Waals surface area contributed by atoms with E-state index in [1.54, 1.807) is 6.08 Å². The van der Waals surface area contributed by atoms with Crippen LogP contribution >= 0.6 is 0 Å². The molecule has 1 fully saturated rings. The van der Waals surface area contributed by atoms with E-state index >= 15 is 0 Å². The van der Waals surface area contributed by atoms with Gasteiger partial charge in [-0.15, -0.1) is 0 Å². The summed E-state index contributed by atoms with van der Waals surface area (Å²) in [6.45, 7) is 1.92. The van der Waals surface area contributed by atoms with Crippen LogP contribution in [0, 0.1) is 29.1 Å². The summed E-state index contributed by atoms with van der Waals surface area (Å²) in [5.74, 6) is -0.0246. The summed E-state index contributed by atoms with van der Waals surface area (Å²) in [7, 11) is 0. The highest BCUT2D eigenvalue weighted by Crippen LogP contribution is 2.46. The van der Waals surface area contributed by atoms with Crippen LogP contribution in [0.2, 0.25) is 0 Å². The number of aromatic nitrogens is 2. The predicted molar refractivity (Wildman–Crippen MR) is 125 cm³/mol. The maximum absolute atomic E-state index is 13.0. The van der Waals surface area contributed by atoms with Gasteiger partial charge in [-0.1, -0.05) is 62.6 Å². The highest BCUT2D eigenvalue weighted by molar-refractivity contribution is 6.02. The number of hydrogen-bond donors (Lipinski definition) is 1. The third-order valence-electron chi connectivity index (χ3n) is 7.59. The molecule has 6 nitrogen and oxygen atoms in total. The normalized spacial score (nSPS) is 24.8. The molecule has 0 radical (unpaired) electrons. The van der Waals surface area contributed by atoms with Gasteiger partial charge in [0.25, 0.3) is 0 Å². The smallest absolute Gasteiger partial charge is 0.230 e. The number of ketones is 1. The van der Waals surface area contributed by atoms with Gasteiger partial charge >= 0.3 is 0 Å². The van der Waals surface area contributed by atoms with E-state index in [0.717, 1.165) is 61.0 Å². The number of amides is 1. The lowest BCUT2D eigenvalue weighted by atomic mass is 9.66. The molecule has 0 spiro atoms. The van der Waals surface area contributed by atoms with E-state index in [2.05, 4.69) is 11.4 Å². The summed E-state index contributed by atoms with van der Waals surface area (Å²) in [4.78, 5) is 35.2. The van der Waals surface area contributed by atoms with Crippen LogP contribution < -0.4 is 5.32 Å². The number of allylic oxidation sites excluding steroid dienone is 2. The second-order valence-electron chi connectivity index (χ2n) is 9.52. The number of rotatable bonds is 3. The molecule has 1 aromatic heterocycles. The minimum atomic E-state index is -0.224. The van der Waals surface area contributed by atoms with Gasteiger partial charge in [0.1, 0.15) is 6.07 Å². The van der Waals surface area contributed by atoms with E-state index in [-0.39, 0.29) is 40.9 Å². The van der Waals surface area contributed by atoms with Crippen molar-refractivity contribution < 1.29 is 9.59 Å². The molecule has 2 aromatic rings. The Morgan fingerprint density at radius 2 is 1.85 bits per heavy atom. The molecule has 1 N–H and O–H groups in total. The molecule has 3 unspecified atom stereocenters. The predicted octanol–water partition coefficient (Wildman–Crippen LogP) is 4.98. The Kier molecular flexibility index (Phi) is 5.80. The first-order chi connectivity index (χ1) is 16.1. The molecule has 6 heteroatoms. The summed E-state index contributed by atoms with van der Waals surface area (Å²) < 4.78 is 0. The zero-order chi connectivity index (χ0) is 22.9. The average molecular weight is 441 g/mol. The molecule has 168 valence electrons. The van der Waals surface area contributed by atoms with Crippen molar-refractivity contribution in [3.05, 3.63) is 53.2 Å². The molecule has 5 rings (SSSR count). The first kappa shape index (κ1) is 21.5. The number of fused-ring (bicyclic) bond motifs is 3. The summed E-state index contributed by atoms with van der Waals surface area (Å²) >= 11 is 0. The number of carbonyl (C=O) groups excluding carboxylic acids is 2. The van der Waals surface area contributed by atoms with Crippen LogP contribution in [-0.4, -0.2) is 21.7 Å². The Hall–Kier alpha value is -3.33. The second-order valence-corrected chi connectivity index (χ2v) is 9.52. The van der Waals surface area contributed by atoms with Gasteiger partial charge in [0.05, 0.1) is 17.0 Å². The molecule has 1 saturated carbocycles. The van der Waals surface area contributed by atoms with Crippen molar-refractivity contribution in [3.8, 4) is 17.3 Å². The van der Waals surface area contributed by atoms with Gasteiger partial charge in [0.15, 0.2) is 5.78 Å². The summed E-state index contributed by atoms with van der Waals surface area (Å²) in [6.07, 6.45) is 8.55. The zero-order valence-electron chi connectivity index (χ0n) is 18.9. The Labute approximate surface area is 194 Å². The highest BCUT2D eigenvalue weighted by atomic mass is 16.2. The van der Waals surface area contributed by atoms with E-state index in [1.165, 1.54) is 6.42 Å². The SMILES string of the molecule is CC1C(=O)C(C#N)=CC2c3nc(NC(=O)C4CCCCC4)nc(-c4ccccc4)c3CCC12. The minimum absolute atomic E-state index is 0.00344. The average Bonchev–Trinajstić information content (AvgIpc) is 2.86. The van der Waals surface area contributed by atoms with E-state index < -0.39 is 0 Å². The first-order valence-corrected chi connectivity index (χ1v) is 12.0. The van der Waals surface area contributed by atoms with E-state index in [0.29, 0.717) is 5.95 Å². The number of hydrogen-bond acceptors (Lipinski definition) is 5. The van der Waals surface area contributed by atoms with Crippen molar-refractivity contribution in [2.24, 2.45) is 17.8 Å². The number of nitrogens with one attached hydrogen (secondary N) is 1. The van der Waals surface area contributed by atoms with Gasteiger partial charge in [-0.3, -0.25) is 14.9 Å². The van der Waals surface area contributed by atoms with E-state index in [1.807, 2.05) is 37.3 Å². The molecular formula is C27H28N4O2. The molecule has 1 aromatic carbocycles. The third-order valence-corrected chi connectivity index (χ3v) is 7.59. The highest BCUT2D eigenvalue weighted by Gasteiger charge is 2.42. The summed E-state index contributed by atoms with van der Waals surface area (Å²) in [6, 6.07) is 12.0. The van der Waals surface area contributed by atoms with Crippen LogP contribution in [0.4, 0.5) is 5.95 Å². The van der Waals surface area contributed by atoms with Gasteiger partial charge in [0, 0.05) is 28.9 Å². The van der Waals surface area contributed by atoms with Crippen molar-refractivity contribution in [1.29, 1.82) is 5.26 Å². The van der Waals surface area contributed by atoms with Crippen LogP contribution in [0.3, 0.4) is 0 Å². The van der Waals surface area contributed by atoms with Gasteiger partial charge in [-0.2, -0.15) is 5.26 Å². The summed E-state index contributed by atoms with van der Waals surface area (Å²) in [5, 5.41) is 12.5. The van der Waals surface area contributed by atoms with Crippen molar-refractivity contribution in [2.45, 2.75) is 57.8 Å². The van der Waals surface area contributed by atoms with Crippen LogP contribution in [0.5, 0.6) is 0 Å².